The molecular formula is C20H16ClN3O4. The first kappa shape index (κ1) is 17.1. The zero-order valence-corrected chi connectivity index (χ0v) is 15.8. The van der Waals surface area contributed by atoms with Crippen LogP contribution in [0.15, 0.2) is 40.9 Å². The average molecular weight is 398 g/mol. The van der Waals surface area contributed by atoms with Crippen molar-refractivity contribution >= 4 is 23.2 Å². The topological polar surface area (TPSA) is 77.7 Å². The molecular weight excluding hydrogens is 382 g/mol. The van der Waals surface area contributed by atoms with E-state index < -0.39 is 0 Å². The van der Waals surface area contributed by atoms with Gasteiger partial charge >= 0.3 is 0 Å². The third-order valence-electron chi connectivity index (χ3n) is 5.02. The van der Waals surface area contributed by atoms with E-state index in [9.17, 15) is 4.79 Å². The highest BCUT2D eigenvalue weighted by Crippen LogP contribution is 2.37. The molecule has 7 nitrogen and oxygen atoms in total. The van der Waals surface area contributed by atoms with Crippen molar-refractivity contribution in [3.05, 3.63) is 52.8 Å². The van der Waals surface area contributed by atoms with Crippen molar-refractivity contribution in [1.29, 1.82) is 0 Å². The van der Waals surface area contributed by atoms with Crippen molar-refractivity contribution in [2.24, 2.45) is 0 Å². The van der Waals surface area contributed by atoms with Crippen molar-refractivity contribution in [3.8, 4) is 23.0 Å². The fourth-order valence-electron chi connectivity index (χ4n) is 3.43. The van der Waals surface area contributed by atoms with Gasteiger partial charge in [0.05, 0.1) is 0 Å². The van der Waals surface area contributed by atoms with Crippen molar-refractivity contribution in [3.63, 3.8) is 0 Å². The Morgan fingerprint density at radius 2 is 2.00 bits per heavy atom. The number of hydrogen-bond acceptors (Lipinski definition) is 6. The molecule has 28 heavy (non-hydrogen) atoms. The molecule has 3 aromatic rings. The molecule has 0 aliphatic carbocycles. The number of halogens is 1. The quantitative estimate of drug-likeness (QED) is 0.666. The summed E-state index contributed by atoms with van der Waals surface area (Å²) >= 11 is 6.21. The number of aromatic nitrogens is 2. The number of rotatable bonds is 3. The molecule has 1 fully saturated rings. The maximum absolute atomic E-state index is 12.5. The minimum atomic E-state index is -0.140. The van der Waals surface area contributed by atoms with Gasteiger partial charge in [0.1, 0.15) is 0 Å². The summed E-state index contributed by atoms with van der Waals surface area (Å²) in [5.74, 6) is 2.12. The van der Waals surface area contributed by atoms with E-state index in [1.165, 1.54) is 0 Å². The predicted molar refractivity (Wildman–Crippen MR) is 102 cm³/mol. The third-order valence-corrected chi connectivity index (χ3v) is 5.43. The third kappa shape index (κ3) is 2.88. The maximum atomic E-state index is 12.5. The van der Waals surface area contributed by atoms with Crippen LogP contribution in [0.25, 0.3) is 11.5 Å². The predicted octanol–water partition coefficient (Wildman–Crippen LogP) is 3.95. The van der Waals surface area contributed by atoms with Crippen LogP contribution in [0.2, 0.25) is 5.02 Å². The zero-order chi connectivity index (χ0) is 19.3. The standard InChI is InChI=1S/C20H16ClN3O4/c1-11-2-4-14(8-15(11)21)24-9-13(7-18(24)25)19-22-20(28-23-19)12-3-5-16-17(6-12)27-10-26-16/h2-6,8,13H,7,9-10H2,1H3. The normalized spacial score (nSPS) is 18.1. The number of anilines is 1. The number of ether oxygens (including phenoxy) is 2. The average Bonchev–Trinajstić information content (AvgIpc) is 3.42. The van der Waals surface area contributed by atoms with Crippen LogP contribution in [0.5, 0.6) is 11.5 Å². The van der Waals surface area contributed by atoms with Gasteiger partial charge in [0.15, 0.2) is 17.3 Å². The molecule has 0 radical (unpaired) electrons. The largest absolute Gasteiger partial charge is 0.454 e. The van der Waals surface area contributed by atoms with Crippen LogP contribution in [-0.4, -0.2) is 29.4 Å². The van der Waals surface area contributed by atoms with Gasteiger partial charge in [-0.25, -0.2) is 0 Å². The van der Waals surface area contributed by atoms with Crippen LogP contribution in [0, 0.1) is 6.92 Å². The monoisotopic (exact) mass is 397 g/mol. The molecule has 0 saturated carbocycles. The Kier molecular flexibility index (Phi) is 3.98. The fourth-order valence-corrected chi connectivity index (χ4v) is 3.60. The summed E-state index contributed by atoms with van der Waals surface area (Å²) in [5.41, 5.74) is 2.50. The molecule has 8 heteroatoms. The number of nitrogens with zero attached hydrogens (tertiary/aromatic N) is 3. The van der Waals surface area contributed by atoms with Crippen molar-refractivity contribution in [2.45, 2.75) is 19.3 Å². The lowest BCUT2D eigenvalue weighted by molar-refractivity contribution is -0.117. The molecule has 1 atom stereocenters. The summed E-state index contributed by atoms with van der Waals surface area (Å²) in [6.45, 7) is 2.62. The molecule has 1 unspecified atom stereocenters. The van der Waals surface area contributed by atoms with E-state index in [-0.39, 0.29) is 18.6 Å². The smallest absolute Gasteiger partial charge is 0.258 e. The summed E-state index contributed by atoms with van der Waals surface area (Å²) in [6.07, 6.45) is 0.325. The molecule has 2 aliphatic heterocycles. The van der Waals surface area contributed by atoms with Crippen molar-refractivity contribution in [1.82, 2.24) is 10.1 Å². The van der Waals surface area contributed by atoms with Crippen LogP contribution in [0.4, 0.5) is 5.69 Å². The van der Waals surface area contributed by atoms with Gasteiger partial charge in [0, 0.05) is 35.2 Å². The number of amides is 1. The molecule has 5 rings (SSSR count). The number of carbonyl (C=O) groups is 1. The van der Waals surface area contributed by atoms with Gasteiger partial charge in [0.2, 0.25) is 12.7 Å². The number of benzene rings is 2. The Morgan fingerprint density at radius 1 is 1.14 bits per heavy atom. The van der Waals surface area contributed by atoms with E-state index in [0.717, 1.165) is 16.8 Å². The van der Waals surface area contributed by atoms with Gasteiger partial charge in [-0.1, -0.05) is 22.8 Å². The van der Waals surface area contributed by atoms with E-state index in [1.54, 1.807) is 11.0 Å². The van der Waals surface area contributed by atoms with E-state index in [2.05, 4.69) is 10.1 Å². The van der Waals surface area contributed by atoms with Crippen LogP contribution < -0.4 is 14.4 Å². The number of carbonyl (C=O) groups excluding carboxylic acids is 1. The van der Waals surface area contributed by atoms with E-state index in [4.69, 9.17) is 25.6 Å². The Balaban J connectivity index is 1.37. The van der Waals surface area contributed by atoms with Gasteiger partial charge in [0.25, 0.3) is 5.89 Å². The van der Waals surface area contributed by atoms with E-state index in [1.807, 2.05) is 37.3 Å². The molecule has 0 bridgehead atoms. The van der Waals surface area contributed by atoms with Gasteiger partial charge in [-0.05, 0) is 42.8 Å². The molecule has 1 saturated heterocycles. The number of hydrogen-bond donors (Lipinski definition) is 0. The first-order valence-electron chi connectivity index (χ1n) is 8.88. The van der Waals surface area contributed by atoms with Gasteiger partial charge < -0.3 is 18.9 Å². The lowest BCUT2D eigenvalue weighted by Crippen LogP contribution is -2.24. The second kappa shape index (κ2) is 6.53. The van der Waals surface area contributed by atoms with Crippen LogP contribution >= 0.6 is 11.6 Å². The summed E-state index contributed by atoms with van der Waals surface area (Å²) in [4.78, 5) is 18.7. The SMILES string of the molecule is Cc1ccc(N2CC(c3noc(-c4ccc5c(c4)OCO5)n3)CC2=O)cc1Cl. The lowest BCUT2D eigenvalue weighted by atomic mass is 10.1. The summed E-state index contributed by atoms with van der Waals surface area (Å²) in [7, 11) is 0. The Bertz CT molecular complexity index is 1080. The zero-order valence-electron chi connectivity index (χ0n) is 15.0. The molecule has 0 spiro atoms. The second-order valence-electron chi connectivity index (χ2n) is 6.86. The highest BCUT2D eigenvalue weighted by molar-refractivity contribution is 6.31. The summed E-state index contributed by atoms with van der Waals surface area (Å²) in [5, 5.41) is 4.74. The van der Waals surface area contributed by atoms with Gasteiger partial charge in [-0.3, -0.25) is 4.79 Å². The van der Waals surface area contributed by atoms with Crippen LogP contribution in [0.3, 0.4) is 0 Å². The molecule has 2 aromatic carbocycles. The molecule has 2 aliphatic rings. The second-order valence-corrected chi connectivity index (χ2v) is 7.27. The molecule has 1 aromatic heterocycles. The van der Waals surface area contributed by atoms with Crippen molar-refractivity contribution < 1.29 is 18.8 Å². The Morgan fingerprint density at radius 3 is 2.86 bits per heavy atom. The molecule has 3 heterocycles. The molecule has 1 amide bonds. The minimum Gasteiger partial charge on any atom is -0.454 e. The first-order valence-corrected chi connectivity index (χ1v) is 9.26. The molecule has 142 valence electrons. The van der Waals surface area contributed by atoms with E-state index >= 15 is 0 Å². The maximum Gasteiger partial charge on any atom is 0.258 e. The fraction of sp³-hybridized carbons (Fsp3) is 0.250. The highest BCUT2D eigenvalue weighted by Gasteiger charge is 2.35. The number of aryl methyl sites for hydroxylation is 1. The Labute approximate surface area is 165 Å². The number of fused-ring (bicyclic) bond motifs is 1. The summed E-state index contributed by atoms with van der Waals surface area (Å²) < 4.78 is 16.1. The Hall–Kier alpha value is -3.06. The summed E-state index contributed by atoms with van der Waals surface area (Å²) in [6, 6.07) is 11.1. The van der Waals surface area contributed by atoms with Crippen molar-refractivity contribution in [2.75, 3.05) is 18.2 Å². The minimum absolute atomic E-state index is 0.0133. The molecule has 0 N–H and O–H groups in total. The highest BCUT2D eigenvalue weighted by atomic mass is 35.5. The van der Waals surface area contributed by atoms with E-state index in [0.29, 0.717) is 41.2 Å². The van der Waals surface area contributed by atoms with Gasteiger partial charge in [-0.2, -0.15) is 4.98 Å². The van der Waals surface area contributed by atoms with Gasteiger partial charge in [-0.15, -0.1) is 0 Å². The van der Waals surface area contributed by atoms with Crippen LogP contribution in [0.1, 0.15) is 23.7 Å². The first-order chi connectivity index (χ1) is 13.6. The lowest BCUT2D eigenvalue weighted by Gasteiger charge is -2.17. The van der Waals surface area contributed by atoms with Crippen LogP contribution in [-0.2, 0) is 4.79 Å².